The van der Waals surface area contributed by atoms with Crippen molar-refractivity contribution in [2.24, 2.45) is 4.99 Å². The Kier molecular flexibility index (Phi) is 8.79. The molecule has 1 rings (SSSR count). The number of aromatic nitrogens is 1. The van der Waals surface area contributed by atoms with E-state index in [1.165, 1.54) is 6.20 Å². The second-order valence-electron chi connectivity index (χ2n) is 3.72. The number of pyridine rings is 1. The minimum atomic E-state index is -0.611. The second kappa shape index (κ2) is 7.82. The monoisotopic (exact) mass is 206 g/mol. The molecular weight excluding hydrogens is 194 g/mol. The topological polar surface area (TPSA) is 57.5 Å². The maximum atomic E-state index is 11.2. The first-order valence-electron chi connectivity index (χ1n) is 4.24. The summed E-state index contributed by atoms with van der Waals surface area (Å²) in [5.74, 6) is 0. The zero-order valence-corrected chi connectivity index (χ0v) is 10.4. The summed E-state index contributed by atoms with van der Waals surface area (Å²) in [5, 5.41) is 11.2. The molecule has 0 atom stereocenters. The molecule has 0 aliphatic rings. The first-order valence-corrected chi connectivity index (χ1v) is 4.24. The Morgan fingerprint density at radius 3 is 2.56 bits per heavy atom. The van der Waals surface area contributed by atoms with Crippen molar-refractivity contribution in [2.45, 2.75) is 26.4 Å². The largest absolute Gasteiger partial charge is 1.00 e. The molecule has 0 spiro atoms. The second-order valence-corrected chi connectivity index (χ2v) is 3.72. The fourth-order valence-electron chi connectivity index (χ4n) is 0.761. The number of hydrogen-bond acceptors (Lipinski definition) is 4. The molecule has 77 valence electrons. The van der Waals surface area contributed by atoms with Gasteiger partial charge in [0.2, 0.25) is 0 Å². The van der Waals surface area contributed by atoms with Gasteiger partial charge in [0.15, 0.2) is 0 Å². The third-order valence-electron chi connectivity index (χ3n) is 1.21. The molecule has 1 aromatic heterocycles. The average Bonchev–Trinajstić information content (AvgIpc) is 2.02. The molecule has 0 aliphatic heterocycles. The quantitative estimate of drug-likeness (QED) is 0.224. The predicted octanol–water partition coefficient (Wildman–Crippen LogP) is -2.33. The third-order valence-corrected chi connectivity index (χ3v) is 1.21. The minimum Gasteiger partial charge on any atom is -0.594 e. The van der Waals surface area contributed by atoms with Crippen molar-refractivity contribution in [3.8, 4) is 0 Å². The molecule has 0 aliphatic carbocycles. The van der Waals surface area contributed by atoms with E-state index in [4.69, 9.17) is 4.74 Å². The molecule has 0 bridgehead atoms. The van der Waals surface area contributed by atoms with E-state index in [0.29, 0.717) is 5.69 Å². The fourth-order valence-corrected chi connectivity index (χ4v) is 0.761. The maximum Gasteiger partial charge on any atom is 1.00 e. The Morgan fingerprint density at radius 2 is 2.12 bits per heavy atom. The van der Waals surface area contributed by atoms with E-state index in [0.717, 1.165) is 0 Å². The molecule has 1 aromatic rings. The summed E-state index contributed by atoms with van der Waals surface area (Å²) >= 11 is 0. The smallest absolute Gasteiger partial charge is 0.594 e. The molecule has 6 heteroatoms. The summed E-state index contributed by atoms with van der Waals surface area (Å²) in [6.07, 6.45) is 2.38. The van der Waals surface area contributed by atoms with Gasteiger partial charge in [0, 0.05) is 24.5 Å². The number of aliphatic imine (C=N–C) groups is 1. The Morgan fingerprint density at radius 1 is 1.50 bits per heavy atom. The number of rotatable bonds is 1. The van der Waals surface area contributed by atoms with E-state index in [-0.39, 0.29) is 37.7 Å². The molecule has 1 radical (unpaired) electrons. The van der Waals surface area contributed by atoms with E-state index >= 15 is 0 Å². The van der Waals surface area contributed by atoms with Crippen LogP contribution in [0.25, 0.3) is 0 Å². The van der Waals surface area contributed by atoms with Crippen LogP contribution in [0.1, 0.15) is 20.8 Å². The van der Waals surface area contributed by atoms with Crippen molar-refractivity contribution < 1.29 is 28.7 Å². The van der Waals surface area contributed by atoms with Crippen LogP contribution in [0.15, 0.2) is 23.5 Å². The number of nitrogens with zero attached hydrogens (tertiary/aromatic N) is 2. The Hall–Kier alpha value is -0.385. The van der Waals surface area contributed by atoms with Gasteiger partial charge in [0.05, 0.1) is 0 Å². The van der Waals surface area contributed by atoms with E-state index < -0.39 is 11.7 Å². The van der Waals surface area contributed by atoms with Gasteiger partial charge in [0.1, 0.15) is 6.08 Å². The van der Waals surface area contributed by atoms with Gasteiger partial charge in [-0.15, -0.1) is 5.69 Å². The van der Waals surface area contributed by atoms with Crippen molar-refractivity contribution in [2.75, 3.05) is 0 Å². The first kappa shape index (κ1) is 18.0. The van der Waals surface area contributed by atoms with Crippen molar-refractivity contribution in [3.63, 3.8) is 0 Å². The van der Waals surface area contributed by atoms with Crippen LogP contribution < -0.4 is 24.0 Å². The molecule has 0 fully saturated rings. The van der Waals surface area contributed by atoms with Gasteiger partial charge in [-0.3, -0.25) is 4.99 Å². The van der Waals surface area contributed by atoms with E-state index in [1.807, 2.05) is 0 Å². The molecule has 0 aromatic carbocycles. The zero-order chi connectivity index (χ0) is 10.6. The van der Waals surface area contributed by atoms with Gasteiger partial charge in [-0.2, -0.15) is 6.07 Å². The van der Waals surface area contributed by atoms with Gasteiger partial charge < -0.3 is 14.8 Å². The standard InChI is InChI=1S/C10H13N2O2.2Li/c1-10(2,3)14-9(13)12-8-4-6-11-7-5-8;;/h4,6-7H,1-3H3,(H,11,12,13);;/q-1;;+1/p-1. The summed E-state index contributed by atoms with van der Waals surface area (Å²) in [6.45, 7) is 5.37. The van der Waals surface area contributed by atoms with Gasteiger partial charge in [-0.05, 0) is 0 Å². The predicted molar refractivity (Wildman–Crippen MR) is 56.8 cm³/mol. The molecule has 0 saturated heterocycles. The van der Waals surface area contributed by atoms with Crippen molar-refractivity contribution >= 4 is 30.6 Å². The molecular formula is C10H12Li2N2O2-. The number of hydrogen-bond donors (Lipinski definition) is 0. The molecule has 0 saturated carbocycles. The van der Waals surface area contributed by atoms with Crippen molar-refractivity contribution in [1.29, 1.82) is 0 Å². The van der Waals surface area contributed by atoms with Crippen molar-refractivity contribution in [3.05, 3.63) is 24.5 Å². The Balaban J connectivity index is 0. The Labute approximate surface area is 120 Å². The Bertz CT molecular complexity index is 323. The van der Waals surface area contributed by atoms with Gasteiger partial charge in [-0.25, -0.2) is 6.07 Å². The SMILES string of the molecule is CC(C)(C)OC([O-])=Nc1[c-]cncc1.[Li+].[Li]. The molecule has 0 unspecified atom stereocenters. The molecule has 0 N–H and O–H groups in total. The summed E-state index contributed by atoms with van der Waals surface area (Å²) < 4.78 is 5.00. The molecule has 4 nitrogen and oxygen atoms in total. The van der Waals surface area contributed by atoms with Crippen LogP contribution in [-0.2, 0) is 4.74 Å². The van der Waals surface area contributed by atoms with Gasteiger partial charge >= 0.3 is 18.9 Å². The van der Waals surface area contributed by atoms with E-state index in [1.54, 1.807) is 33.0 Å². The molecule has 0 amide bonds. The fraction of sp³-hybridized carbons (Fsp3) is 0.400. The average molecular weight is 206 g/mol. The van der Waals surface area contributed by atoms with Crippen LogP contribution in [-0.4, -0.2) is 35.5 Å². The van der Waals surface area contributed by atoms with Crippen LogP contribution >= 0.6 is 0 Å². The van der Waals surface area contributed by atoms with Crippen LogP contribution in [0.2, 0.25) is 0 Å². The molecule has 16 heavy (non-hydrogen) atoms. The molecule has 1 heterocycles. The third kappa shape index (κ3) is 7.85. The van der Waals surface area contributed by atoms with Crippen LogP contribution in [0.5, 0.6) is 0 Å². The van der Waals surface area contributed by atoms with Gasteiger partial charge in [0.25, 0.3) is 0 Å². The maximum absolute atomic E-state index is 11.2. The zero-order valence-electron chi connectivity index (χ0n) is 10.4. The van der Waals surface area contributed by atoms with E-state index in [2.05, 4.69) is 16.0 Å². The van der Waals surface area contributed by atoms with Crippen LogP contribution in [0.3, 0.4) is 0 Å². The van der Waals surface area contributed by atoms with Gasteiger partial charge in [-0.1, -0.05) is 33.2 Å². The van der Waals surface area contributed by atoms with Crippen LogP contribution in [0, 0.1) is 6.07 Å². The van der Waals surface area contributed by atoms with E-state index in [9.17, 15) is 5.11 Å². The summed E-state index contributed by atoms with van der Waals surface area (Å²) in [5.41, 5.74) is -0.0950. The summed E-state index contributed by atoms with van der Waals surface area (Å²) in [4.78, 5) is 7.45. The summed E-state index contributed by atoms with van der Waals surface area (Å²) in [6, 6.07) is 4.29. The number of ether oxygens (including phenoxy) is 1. The first-order chi connectivity index (χ1) is 6.47. The van der Waals surface area contributed by atoms with Crippen molar-refractivity contribution in [1.82, 2.24) is 4.98 Å². The summed E-state index contributed by atoms with van der Waals surface area (Å²) in [7, 11) is 0. The normalized spacial score (nSPS) is 11.1. The van der Waals surface area contributed by atoms with Crippen LogP contribution in [0.4, 0.5) is 5.69 Å². The minimum absolute atomic E-state index is 0.